The van der Waals surface area contributed by atoms with E-state index in [0.29, 0.717) is 19.7 Å². The molecule has 0 atom stereocenters. The molecule has 2 N–H and O–H groups in total. The van der Waals surface area contributed by atoms with Crippen LogP contribution in [0, 0.1) is 6.92 Å². The number of aryl methyl sites for hydroxylation is 1. The molecule has 4 nitrogen and oxygen atoms in total. The summed E-state index contributed by atoms with van der Waals surface area (Å²) in [5.74, 6) is 0.826. The molecule has 0 saturated heterocycles. The number of benzene rings is 1. The van der Waals surface area contributed by atoms with Crippen LogP contribution in [0.2, 0.25) is 0 Å². The molecule has 0 amide bonds. The Kier molecular flexibility index (Phi) is 4.36. The third kappa shape index (κ3) is 3.45. The Morgan fingerprint density at radius 1 is 1.26 bits per heavy atom. The van der Waals surface area contributed by atoms with Crippen molar-refractivity contribution in [2.24, 2.45) is 5.73 Å². The first kappa shape index (κ1) is 13.4. The molecule has 1 heterocycles. The quantitative estimate of drug-likeness (QED) is 0.888. The van der Waals surface area contributed by atoms with Crippen molar-refractivity contribution < 1.29 is 4.74 Å². The normalized spacial score (nSPS) is 10.4. The summed E-state index contributed by atoms with van der Waals surface area (Å²) < 4.78 is 7.35. The lowest BCUT2D eigenvalue weighted by Crippen LogP contribution is -2.21. The summed E-state index contributed by atoms with van der Waals surface area (Å²) >= 11 is 0. The largest absolute Gasteiger partial charge is 0.491 e. The van der Waals surface area contributed by atoms with E-state index >= 15 is 0 Å². The molecule has 0 aliphatic carbocycles. The second kappa shape index (κ2) is 6.20. The van der Waals surface area contributed by atoms with Crippen LogP contribution in [0.3, 0.4) is 0 Å². The number of ether oxygens (including phenoxy) is 1. The van der Waals surface area contributed by atoms with Crippen molar-refractivity contribution in [1.29, 1.82) is 0 Å². The number of pyridine rings is 1. The molecule has 0 aliphatic heterocycles. The monoisotopic (exact) mass is 258 g/mol. The zero-order valence-corrected chi connectivity index (χ0v) is 11.0. The van der Waals surface area contributed by atoms with Gasteiger partial charge in [-0.05, 0) is 30.2 Å². The summed E-state index contributed by atoms with van der Waals surface area (Å²) in [6, 6.07) is 11.0. The molecule has 0 aliphatic rings. The van der Waals surface area contributed by atoms with Crippen molar-refractivity contribution >= 4 is 0 Å². The molecule has 19 heavy (non-hydrogen) atoms. The Labute approximate surface area is 112 Å². The van der Waals surface area contributed by atoms with Crippen molar-refractivity contribution in [3.63, 3.8) is 0 Å². The Bertz CT molecular complexity index is 605. The SMILES string of the molecule is Cc1ccc(CN)cc1OCCn1ccccc1=O. The minimum atomic E-state index is -0.0152. The van der Waals surface area contributed by atoms with E-state index in [1.54, 1.807) is 22.9 Å². The molecular weight excluding hydrogens is 240 g/mol. The topological polar surface area (TPSA) is 57.2 Å². The van der Waals surface area contributed by atoms with Gasteiger partial charge in [0.05, 0.1) is 6.54 Å². The maximum absolute atomic E-state index is 11.5. The van der Waals surface area contributed by atoms with Crippen molar-refractivity contribution in [2.45, 2.75) is 20.0 Å². The van der Waals surface area contributed by atoms with Crippen LogP contribution < -0.4 is 16.0 Å². The molecule has 0 fully saturated rings. The van der Waals surface area contributed by atoms with Gasteiger partial charge in [-0.25, -0.2) is 0 Å². The minimum Gasteiger partial charge on any atom is -0.491 e. The summed E-state index contributed by atoms with van der Waals surface area (Å²) in [4.78, 5) is 11.5. The molecule has 0 saturated carbocycles. The lowest BCUT2D eigenvalue weighted by molar-refractivity contribution is 0.294. The molecule has 100 valence electrons. The van der Waals surface area contributed by atoms with E-state index in [-0.39, 0.29) is 5.56 Å². The number of nitrogens with zero attached hydrogens (tertiary/aromatic N) is 1. The van der Waals surface area contributed by atoms with E-state index in [9.17, 15) is 4.79 Å². The maximum Gasteiger partial charge on any atom is 0.250 e. The van der Waals surface area contributed by atoms with E-state index in [1.165, 1.54) is 0 Å². The summed E-state index contributed by atoms with van der Waals surface area (Å²) in [5, 5.41) is 0. The molecule has 0 radical (unpaired) electrons. The second-order valence-electron chi connectivity index (χ2n) is 4.38. The van der Waals surface area contributed by atoms with Crippen LogP contribution >= 0.6 is 0 Å². The van der Waals surface area contributed by atoms with Gasteiger partial charge in [0.15, 0.2) is 0 Å². The number of nitrogens with two attached hydrogens (primary N) is 1. The van der Waals surface area contributed by atoms with E-state index in [1.807, 2.05) is 31.2 Å². The molecule has 0 bridgehead atoms. The molecule has 1 aromatic heterocycles. The second-order valence-corrected chi connectivity index (χ2v) is 4.38. The predicted octanol–water partition coefficient (Wildman–Crippen LogP) is 1.69. The van der Waals surface area contributed by atoms with Crippen LogP contribution in [0.1, 0.15) is 11.1 Å². The average Bonchev–Trinajstić information content (AvgIpc) is 2.43. The van der Waals surface area contributed by atoms with Crippen molar-refractivity contribution in [3.05, 3.63) is 64.1 Å². The highest BCUT2D eigenvalue weighted by molar-refractivity contribution is 5.36. The van der Waals surface area contributed by atoms with Gasteiger partial charge in [0, 0.05) is 18.8 Å². The standard InChI is InChI=1S/C15H18N2O2/c1-12-5-6-13(11-16)10-14(12)19-9-8-17-7-3-2-4-15(17)18/h2-7,10H,8-9,11,16H2,1H3. The van der Waals surface area contributed by atoms with Gasteiger partial charge in [0.25, 0.3) is 5.56 Å². The zero-order valence-electron chi connectivity index (χ0n) is 11.0. The smallest absolute Gasteiger partial charge is 0.250 e. The fourth-order valence-corrected chi connectivity index (χ4v) is 1.83. The summed E-state index contributed by atoms with van der Waals surface area (Å²) in [5.41, 5.74) is 7.70. The van der Waals surface area contributed by atoms with E-state index in [4.69, 9.17) is 10.5 Å². The van der Waals surface area contributed by atoms with E-state index < -0.39 is 0 Å². The van der Waals surface area contributed by atoms with Gasteiger partial charge in [0.1, 0.15) is 12.4 Å². The van der Waals surface area contributed by atoms with Gasteiger partial charge in [-0.3, -0.25) is 4.79 Å². The molecule has 4 heteroatoms. The lowest BCUT2D eigenvalue weighted by Gasteiger charge is -2.11. The van der Waals surface area contributed by atoms with Gasteiger partial charge >= 0.3 is 0 Å². The third-order valence-electron chi connectivity index (χ3n) is 2.98. The van der Waals surface area contributed by atoms with Crippen LogP contribution in [-0.2, 0) is 13.1 Å². The Morgan fingerprint density at radius 2 is 2.11 bits per heavy atom. The Balaban J connectivity index is 2.00. The van der Waals surface area contributed by atoms with Crippen LogP contribution in [0.15, 0.2) is 47.4 Å². The van der Waals surface area contributed by atoms with Crippen molar-refractivity contribution in [2.75, 3.05) is 6.61 Å². The van der Waals surface area contributed by atoms with Gasteiger partial charge in [-0.1, -0.05) is 18.2 Å². The van der Waals surface area contributed by atoms with Crippen LogP contribution in [0.5, 0.6) is 5.75 Å². The highest BCUT2D eigenvalue weighted by Gasteiger charge is 2.01. The zero-order chi connectivity index (χ0) is 13.7. The maximum atomic E-state index is 11.5. The van der Waals surface area contributed by atoms with Crippen molar-refractivity contribution in [3.8, 4) is 5.75 Å². The molecule has 2 aromatic rings. The Hall–Kier alpha value is -2.07. The van der Waals surface area contributed by atoms with Crippen LogP contribution in [0.25, 0.3) is 0 Å². The van der Waals surface area contributed by atoms with E-state index in [0.717, 1.165) is 16.9 Å². The number of hydrogen-bond donors (Lipinski definition) is 1. The highest BCUT2D eigenvalue weighted by Crippen LogP contribution is 2.19. The highest BCUT2D eigenvalue weighted by atomic mass is 16.5. The summed E-state index contributed by atoms with van der Waals surface area (Å²) in [7, 11) is 0. The number of aromatic nitrogens is 1. The lowest BCUT2D eigenvalue weighted by atomic mass is 10.1. The fraction of sp³-hybridized carbons (Fsp3) is 0.267. The Morgan fingerprint density at radius 3 is 2.84 bits per heavy atom. The third-order valence-corrected chi connectivity index (χ3v) is 2.98. The summed E-state index contributed by atoms with van der Waals surface area (Å²) in [6.07, 6.45) is 1.76. The van der Waals surface area contributed by atoms with Crippen LogP contribution in [0.4, 0.5) is 0 Å². The minimum absolute atomic E-state index is 0.0152. The molecule has 0 unspecified atom stereocenters. The predicted molar refractivity (Wildman–Crippen MR) is 75.3 cm³/mol. The first-order chi connectivity index (χ1) is 9.20. The van der Waals surface area contributed by atoms with Crippen LogP contribution in [-0.4, -0.2) is 11.2 Å². The van der Waals surface area contributed by atoms with Crippen molar-refractivity contribution in [1.82, 2.24) is 4.57 Å². The van der Waals surface area contributed by atoms with Gasteiger partial charge in [-0.15, -0.1) is 0 Å². The first-order valence-electron chi connectivity index (χ1n) is 6.28. The average molecular weight is 258 g/mol. The number of rotatable bonds is 5. The first-order valence-corrected chi connectivity index (χ1v) is 6.28. The fourth-order valence-electron chi connectivity index (χ4n) is 1.83. The van der Waals surface area contributed by atoms with Gasteiger partial charge in [0.2, 0.25) is 0 Å². The molecule has 2 rings (SSSR count). The molecule has 1 aromatic carbocycles. The van der Waals surface area contributed by atoms with Gasteiger partial charge < -0.3 is 15.0 Å². The number of hydrogen-bond acceptors (Lipinski definition) is 3. The molecular formula is C15H18N2O2. The summed E-state index contributed by atoms with van der Waals surface area (Å²) in [6.45, 7) is 3.48. The van der Waals surface area contributed by atoms with Gasteiger partial charge in [-0.2, -0.15) is 0 Å². The molecule has 0 spiro atoms. The van der Waals surface area contributed by atoms with E-state index in [2.05, 4.69) is 0 Å².